The lowest BCUT2D eigenvalue weighted by Gasteiger charge is -2.19. The van der Waals surface area contributed by atoms with E-state index < -0.39 is 0 Å². The fourth-order valence-corrected chi connectivity index (χ4v) is 1.59. The summed E-state index contributed by atoms with van der Waals surface area (Å²) in [6.07, 6.45) is 0. The predicted molar refractivity (Wildman–Crippen MR) is 71.8 cm³/mol. The van der Waals surface area contributed by atoms with E-state index in [1.165, 1.54) is 14.8 Å². The van der Waals surface area contributed by atoms with Crippen LogP contribution in [0.25, 0.3) is 0 Å². The summed E-state index contributed by atoms with van der Waals surface area (Å²) in [6, 6.07) is 6.50. The Bertz CT molecular complexity index is 313. The van der Waals surface area contributed by atoms with Gasteiger partial charge in [0.05, 0.1) is 0 Å². The first-order valence-electron chi connectivity index (χ1n) is 4.88. The van der Waals surface area contributed by atoms with Crippen LogP contribution in [0.15, 0.2) is 18.2 Å². The molecule has 1 aromatic carbocycles. The smallest absolute Gasteiger partial charge is 0.0351 e. The Morgan fingerprint density at radius 3 is 2.43 bits per heavy atom. The van der Waals surface area contributed by atoms with E-state index in [-0.39, 0.29) is 0 Å². The maximum atomic E-state index is 3.45. The highest BCUT2D eigenvalue weighted by Crippen LogP contribution is 2.19. The third-order valence-corrected chi connectivity index (χ3v) is 3.16. The van der Waals surface area contributed by atoms with Crippen LogP contribution in [0, 0.1) is 15.9 Å². The molecule has 0 unspecified atom stereocenters. The molecule has 0 fully saturated rings. The van der Waals surface area contributed by atoms with Gasteiger partial charge >= 0.3 is 0 Å². The van der Waals surface area contributed by atoms with Gasteiger partial charge in [-0.2, -0.15) is 0 Å². The van der Waals surface area contributed by atoms with Gasteiger partial charge in [-0.3, -0.25) is 0 Å². The lowest BCUT2D eigenvalue weighted by Crippen LogP contribution is -2.19. The van der Waals surface area contributed by atoms with Crippen molar-refractivity contribution in [1.82, 2.24) is 0 Å². The zero-order valence-electron chi connectivity index (χ0n) is 9.32. The Hall–Kier alpha value is -0.250. The SMILES string of the molecule is Cc1ccc(NCC(C)(C)C)cc1I. The summed E-state index contributed by atoms with van der Waals surface area (Å²) < 4.78 is 1.32. The molecular weight excluding hydrogens is 285 g/mol. The summed E-state index contributed by atoms with van der Waals surface area (Å²) in [7, 11) is 0. The van der Waals surface area contributed by atoms with E-state index in [0.717, 1.165) is 6.54 Å². The maximum absolute atomic E-state index is 3.45. The molecule has 1 N–H and O–H groups in total. The van der Waals surface area contributed by atoms with Gasteiger partial charge in [-0.05, 0) is 52.6 Å². The van der Waals surface area contributed by atoms with Gasteiger partial charge < -0.3 is 5.32 Å². The van der Waals surface area contributed by atoms with Crippen LogP contribution in [-0.4, -0.2) is 6.54 Å². The molecule has 0 aromatic heterocycles. The Morgan fingerprint density at radius 2 is 1.93 bits per heavy atom. The van der Waals surface area contributed by atoms with E-state index in [4.69, 9.17) is 0 Å². The molecule has 0 bridgehead atoms. The number of rotatable bonds is 2. The maximum Gasteiger partial charge on any atom is 0.0351 e. The molecule has 0 saturated heterocycles. The third-order valence-electron chi connectivity index (χ3n) is 1.99. The molecule has 78 valence electrons. The molecule has 1 aromatic rings. The second-order valence-corrected chi connectivity index (χ2v) is 6.04. The summed E-state index contributed by atoms with van der Waals surface area (Å²) in [5.41, 5.74) is 2.89. The molecule has 0 aliphatic heterocycles. The van der Waals surface area contributed by atoms with Crippen molar-refractivity contribution in [2.45, 2.75) is 27.7 Å². The summed E-state index contributed by atoms with van der Waals surface area (Å²) in [5.74, 6) is 0. The van der Waals surface area contributed by atoms with E-state index in [0.29, 0.717) is 5.41 Å². The van der Waals surface area contributed by atoms with Crippen molar-refractivity contribution in [1.29, 1.82) is 0 Å². The molecule has 2 heteroatoms. The number of nitrogens with one attached hydrogen (secondary N) is 1. The third kappa shape index (κ3) is 3.86. The molecule has 0 radical (unpaired) electrons. The number of benzene rings is 1. The minimum atomic E-state index is 0.330. The summed E-state index contributed by atoms with van der Waals surface area (Å²) in [4.78, 5) is 0. The van der Waals surface area contributed by atoms with Crippen LogP contribution in [-0.2, 0) is 0 Å². The average Bonchev–Trinajstić information content (AvgIpc) is 2.06. The number of anilines is 1. The standard InChI is InChI=1S/C12H18IN/c1-9-5-6-10(7-11(9)13)14-8-12(2,3)4/h5-7,14H,8H2,1-4H3. The number of hydrogen-bond acceptors (Lipinski definition) is 1. The molecule has 0 atom stereocenters. The van der Waals surface area contributed by atoms with Crippen molar-refractivity contribution in [2.24, 2.45) is 5.41 Å². The van der Waals surface area contributed by atoms with Crippen molar-refractivity contribution in [3.05, 3.63) is 27.3 Å². The van der Waals surface area contributed by atoms with E-state index in [2.05, 4.69) is 73.8 Å². The number of halogens is 1. The molecule has 1 rings (SSSR count). The molecule has 0 aliphatic carbocycles. The van der Waals surface area contributed by atoms with E-state index in [1.54, 1.807) is 0 Å². The monoisotopic (exact) mass is 303 g/mol. The Kier molecular flexibility index (Phi) is 3.81. The van der Waals surface area contributed by atoms with Gasteiger partial charge in [0.1, 0.15) is 0 Å². The van der Waals surface area contributed by atoms with Gasteiger partial charge in [-0.25, -0.2) is 0 Å². The number of hydrogen-bond donors (Lipinski definition) is 1. The first-order chi connectivity index (χ1) is 6.38. The Morgan fingerprint density at radius 1 is 1.29 bits per heavy atom. The zero-order valence-corrected chi connectivity index (χ0v) is 11.5. The largest absolute Gasteiger partial charge is 0.384 e. The van der Waals surface area contributed by atoms with Crippen LogP contribution in [0.5, 0.6) is 0 Å². The number of aryl methyl sites for hydroxylation is 1. The van der Waals surface area contributed by atoms with Crippen molar-refractivity contribution in [3.8, 4) is 0 Å². The van der Waals surface area contributed by atoms with Crippen LogP contribution < -0.4 is 5.32 Å². The summed E-state index contributed by atoms with van der Waals surface area (Å²) >= 11 is 2.37. The normalized spacial score (nSPS) is 11.5. The highest BCUT2D eigenvalue weighted by molar-refractivity contribution is 14.1. The van der Waals surface area contributed by atoms with Crippen LogP contribution in [0.4, 0.5) is 5.69 Å². The van der Waals surface area contributed by atoms with Crippen LogP contribution >= 0.6 is 22.6 Å². The molecule has 0 aliphatic rings. The average molecular weight is 303 g/mol. The van der Waals surface area contributed by atoms with Crippen molar-refractivity contribution < 1.29 is 0 Å². The molecular formula is C12H18IN. The molecule has 14 heavy (non-hydrogen) atoms. The molecule has 0 heterocycles. The van der Waals surface area contributed by atoms with E-state index >= 15 is 0 Å². The van der Waals surface area contributed by atoms with Crippen molar-refractivity contribution in [2.75, 3.05) is 11.9 Å². The van der Waals surface area contributed by atoms with Gasteiger partial charge in [0.2, 0.25) is 0 Å². The lowest BCUT2D eigenvalue weighted by molar-refractivity contribution is 0.443. The Labute approximate surface area is 100 Å². The highest BCUT2D eigenvalue weighted by Gasteiger charge is 2.09. The quantitative estimate of drug-likeness (QED) is 0.813. The van der Waals surface area contributed by atoms with Crippen molar-refractivity contribution >= 4 is 28.3 Å². The van der Waals surface area contributed by atoms with Gasteiger partial charge in [0, 0.05) is 15.8 Å². The predicted octanol–water partition coefficient (Wildman–Crippen LogP) is 4.06. The first-order valence-corrected chi connectivity index (χ1v) is 5.96. The second kappa shape index (κ2) is 4.51. The minimum Gasteiger partial charge on any atom is -0.384 e. The Balaban J connectivity index is 2.65. The van der Waals surface area contributed by atoms with Crippen LogP contribution in [0.2, 0.25) is 0 Å². The summed E-state index contributed by atoms with van der Waals surface area (Å²) in [6.45, 7) is 9.85. The highest BCUT2D eigenvalue weighted by atomic mass is 127. The minimum absolute atomic E-state index is 0.330. The van der Waals surface area contributed by atoms with Crippen LogP contribution in [0.1, 0.15) is 26.3 Å². The van der Waals surface area contributed by atoms with E-state index in [9.17, 15) is 0 Å². The van der Waals surface area contributed by atoms with Gasteiger partial charge in [-0.15, -0.1) is 0 Å². The van der Waals surface area contributed by atoms with Gasteiger partial charge in [0.15, 0.2) is 0 Å². The fraction of sp³-hybridized carbons (Fsp3) is 0.500. The van der Waals surface area contributed by atoms with Crippen LogP contribution in [0.3, 0.4) is 0 Å². The molecule has 0 spiro atoms. The lowest BCUT2D eigenvalue weighted by atomic mass is 9.97. The molecule has 0 saturated carbocycles. The molecule has 1 nitrogen and oxygen atoms in total. The first kappa shape index (κ1) is 11.8. The zero-order chi connectivity index (χ0) is 10.8. The topological polar surface area (TPSA) is 12.0 Å². The van der Waals surface area contributed by atoms with Gasteiger partial charge in [0.25, 0.3) is 0 Å². The second-order valence-electron chi connectivity index (χ2n) is 4.88. The van der Waals surface area contributed by atoms with Gasteiger partial charge in [-0.1, -0.05) is 26.8 Å². The summed E-state index contributed by atoms with van der Waals surface area (Å²) in [5, 5.41) is 3.45. The van der Waals surface area contributed by atoms with E-state index in [1.807, 2.05) is 0 Å². The van der Waals surface area contributed by atoms with Crippen molar-refractivity contribution in [3.63, 3.8) is 0 Å². The fourth-order valence-electron chi connectivity index (χ4n) is 1.07. The molecule has 0 amide bonds.